The predicted molar refractivity (Wildman–Crippen MR) is 84.6 cm³/mol. The fraction of sp³-hybridized carbons (Fsp3) is 0.615. The van der Waals surface area contributed by atoms with E-state index in [4.69, 9.17) is 10.9 Å². The van der Waals surface area contributed by atoms with Crippen LogP contribution in [0.1, 0.15) is 50.1 Å². The predicted octanol–water partition coefficient (Wildman–Crippen LogP) is 2.29. The van der Waals surface area contributed by atoms with E-state index in [0.717, 1.165) is 17.7 Å². The Bertz CT molecular complexity index is 530. The van der Waals surface area contributed by atoms with Gasteiger partial charge in [0, 0.05) is 15.8 Å². The van der Waals surface area contributed by atoms with Gasteiger partial charge >= 0.3 is 0 Å². The van der Waals surface area contributed by atoms with E-state index in [1.165, 1.54) is 0 Å². The number of nitrogens with two attached hydrogens (primary N) is 1. The minimum atomic E-state index is -1.49. The summed E-state index contributed by atoms with van der Waals surface area (Å²) in [6.07, 6.45) is 2.31. The highest BCUT2D eigenvalue weighted by atomic mass is 32.2. The Morgan fingerprint density at radius 2 is 2.25 bits per heavy atom. The molecular weight excluding hydrogens is 294 g/mol. The van der Waals surface area contributed by atoms with Crippen molar-refractivity contribution in [3.05, 3.63) is 21.9 Å². The molecule has 1 unspecified atom stereocenters. The molecule has 112 valence electrons. The molecule has 1 aliphatic rings. The first-order chi connectivity index (χ1) is 9.32. The fourth-order valence-corrected chi connectivity index (χ4v) is 3.98. The molecule has 0 aromatic carbocycles. The summed E-state index contributed by atoms with van der Waals surface area (Å²) < 4.78 is 15.4. The molecule has 0 radical (unpaired) electrons. The van der Waals surface area contributed by atoms with Gasteiger partial charge < -0.3 is 10.9 Å². The SMILES string of the molecule is CC(C)(C)[SH+](=O)N[C@H](c1cc(/C(N)=N/O)cs1)C1CC1. The van der Waals surface area contributed by atoms with Gasteiger partial charge in [-0.2, -0.15) is 0 Å². The van der Waals surface area contributed by atoms with Crippen molar-refractivity contribution >= 4 is 28.2 Å². The zero-order chi connectivity index (χ0) is 14.9. The van der Waals surface area contributed by atoms with Crippen molar-refractivity contribution in [1.29, 1.82) is 0 Å². The van der Waals surface area contributed by atoms with Gasteiger partial charge in [-0.25, -0.2) is 0 Å². The van der Waals surface area contributed by atoms with E-state index in [2.05, 4.69) is 9.88 Å². The Labute approximate surface area is 125 Å². The highest BCUT2D eigenvalue weighted by Crippen LogP contribution is 2.43. The average Bonchev–Trinajstić information content (AvgIpc) is 3.10. The Morgan fingerprint density at radius 3 is 2.75 bits per heavy atom. The second-order valence-corrected chi connectivity index (χ2v) is 9.26. The Balaban J connectivity index is 2.17. The lowest BCUT2D eigenvalue weighted by atomic mass is 10.1. The zero-order valence-corrected chi connectivity index (χ0v) is 13.7. The first-order valence-electron chi connectivity index (χ1n) is 6.63. The van der Waals surface area contributed by atoms with Gasteiger partial charge in [-0.1, -0.05) is 9.36 Å². The Hall–Kier alpha value is -0.920. The Morgan fingerprint density at radius 1 is 1.60 bits per heavy atom. The maximum Gasteiger partial charge on any atom is 0.170 e. The second-order valence-electron chi connectivity index (χ2n) is 6.13. The molecule has 2 atom stereocenters. The van der Waals surface area contributed by atoms with Crippen LogP contribution in [0.3, 0.4) is 0 Å². The van der Waals surface area contributed by atoms with Crippen molar-refractivity contribution in [2.45, 2.75) is 44.4 Å². The molecule has 5 nitrogen and oxygen atoms in total. The summed E-state index contributed by atoms with van der Waals surface area (Å²) in [5.74, 6) is 0.650. The minimum Gasteiger partial charge on any atom is -0.409 e. The van der Waals surface area contributed by atoms with Crippen LogP contribution in [0.5, 0.6) is 0 Å². The van der Waals surface area contributed by atoms with Gasteiger partial charge in [0.25, 0.3) is 0 Å². The lowest BCUT2D eigenvalue weighted by Crippen LogP contribution is -2.35. The zero-order valence-electron chi connectivity index (χ0n) is 12.0. The number of nitrogens with zero attached hydrogens (tertiary/aromatic N) is 1. The summed E-state index contributed by atoms with van der Waals surface area (Å²) >= 11 is 1.56. The standard InChI is InChI=1S/C13H21N3O2S2/c1-13(2,3)20(18)16-11(8-4-5-8)10-6-9(7-19-10)12(14)15-17/h6-8,11,17H,4-5H2,1-3H3,(H2,14,15)(H,16,18)/p+1/t11-,20?/m0/s1. The molecule has 1 aromatic heterocycles. The van der Waals surface area contributed by atoms with Gasteiger partial charge in [0.15, 0.2) is 5.84 Å². The average molecular weight is 316 g/mol. The number of thiol groups is 1. The van der Waals surface area contributed by atoms with Crippen molar-refractivity contribution in [3.63, 3.8) is 0 Å². The summed E-state index contributed by atoms with van der Waals surface area (Å²) in [5.41, 5.74) is 6.31. The number of hydrogen-bond acceptors (Lipinski definition) is 4. The lowest BCUT2D eigenvalue weighted by Gasteiger charge is -2.18. The quantitative estimate of drug-likeness (QED) is 0.194. The summed E-state index contributed by atoms with van der Waals surface area (Å²) in [5, 5.41) is 13.6. The molecular formula is C13H22N3O2S2+. The maximum atomic E-state index is 12.3. The summed E-state index contributed by atoms with van der Waals surface area (Å²) in [6, 6.07) is 2.02. The fourth-order valence-electron chi connectivity index (χ4n) is 1.86. The van der Waals surface area contributed by atoms with E-state index >= 15 is 0 Å². The smallest absolute Gasteiger partial charge is 0.170 e. The van der Waals surface area contributed by atoms with Crippen LogP contribution in [0.2, 0.25) is 0 Å². The number of oxime groups is 1. The minimum absolute atomic E-state index is 0.100. The number of rotatable bonds is 5. The summed E-state index contributed by atoms with van der Waals surface area (Å²) in [6.45, 7) is 5.91. The molecule has 1 heterocycles. The molecule has 1 aliphatic carbocycles. The number of nitrogens with one attached hydrogen (secondary N) is 1. The number of hydrogen-bond donors (Lipinski definition) is 3. The van der Waals surface area contributed by atoms with Crippen LogP contribution in [0.15, 0.2) is 16.6 Å². The van der Waals surface area contributed by atoms with E-state index in [0.29, 0.717) is 11.5 Å². The molecule has 1 fully saturated rings. The molecule has 2 rings (SSSR count). The van der Waals surface area contributed by atoms with Crippen molar-refractivity contribution in [1.82, 2.24) is 4.72 Å². The molecule has 0 amide bonds. The monoisotopic (exact) mass is 316 g/mol. The molecule has 20 heavy (non-hydrogen) atoms. The van der Waals surface area contributed by atoms with Crippen molar-refractivity contribution < 1.29 is 9.42 Å². The summed E-state index contributed by atoms with van der Waals surface area (Å²) in [4.78, 5) is 1.10. The van der Waals surface area contributed by atoms with Crippen LogP contribution >= 0.6 is 11.3 Å². The van der Waals surface area contributed by atoms with E-state index in [-0.39, 0.29) is 16.6 Å². The van der Waals surface area contributed by atoms with Gasteiger partial charge in [-0.05, 0) is 45.6 Å². The van der Waals surface area contributed by atoms with Crippen LogP contribution in [0.25, 0.3) is 0 Å². The topological polar surface area (TPSA) is 87.7 Å². The van der Waals surface area contributed by atoms with Crippen molar-refractivity contribution in [2.75, 3.05) is 0 Å². The lowest BCUT2D eigenvalue weighted by molar-refractivity contribution is 0.318. The largest absolute Gasteiger partial charge is 0.409 e. The molecule has 0 saturated heterocycles. The van der Waals surface area contributed by atoms with Crippen LogP contribution < -0.4 is 10.5 Å². The van der Waals surface area contributed by atoms with Gasteiger partial charge in [-0.15, -0.1) is 16.1 Å². The van der Waals surface area contributed by atoms with E-state index in [1.807, 2.05) is 32.2 Å². The van der Waals surface area contributed by atoms with E-state index in [9.17, 15) is 4.21 Å². The molecule has 0 aliphatic heterocycles. The maximum absolute atomic E-state index is 12.3. The van der Waals surface area contributed by atoms with Gasteiger partial charge in [0.2, 0.25) is 0 Å². The first-order valence-corrected chi connectivity index (χ1v) is 8.76. The first kappa shape index (κ1) is 15.5. The molecule has 0 spiro atoms. The van der Waals surface area contributed by atoms with Crippen molar-refractivity contribution in [2.24, 2.45) is 16.8 Å². The molecule has 1 aromatic rings. The van der Waals surface area contributed by atoms with Crippen LogP contribution in [0, 0.1) is 5.92 Å². The normalized spacial score (nSPS) is 19.9. The van der Waals surface area contributed by atoms with E-state index < -0.39 is 11.0 Å². The third kappa shape index (κ3) is 3.59. The van der Waals surface area contributed by atoms with Gasteiger partial charge in [0.1, 0.15) is 15.7 Å². The van der Waals surface area contributed by atoms with E-state index in [1.54, 1.807) is 11.3 Å². The third-order valence-corrected chi connectivity index (χ3v) is 6.04. The highest BCUT2D eigenvalue weighted by Gasteiger charge is 2.38. The van der Waals surface area contributed by atoms with Crippen LogP contribution in [0.4, 0.5) is 0 Å². The number of thiophene rings is 1. The molecule has 4 N–H and O–H groups in total. The Kier molecular flexibility index (Phi) is 4.51. The number of amidine groups is 1. The highest BCUT2D eigenvalue weighted by molar-refractivity contribution is 7.84. The third-order valence-electron chi connectivity index (χ3n) is 3.29. The summed E-state index contributed by atoms with van der Waals surface area (Å²) in [7, 11) is -1.49. The van der Waals surface area contributed by atoms with Gasteiger partial charge in [-0.3, -0.25) is 0 Å². The second kappa shape index (κ2) is 5.83. The molecule has 1 saturated carbocycles. The van der Waals surface area contributed by atoms with Crippen LogP contribution in [-0.4, -0.2) is 15.8 Å². The van der Waals surface area contributed by atoms with Crippen LogP contribution in [-0.2, 0) is 15.2 Å². The van der Waals surface area contributed by atoms with Crippen molar-refractivity contribution in [3.8, 4) is 0 Å². The molecule has 0 bridgehead atoms. The molecule has 7 heteroatoms. The van der Waals surface area contributed by atoms with Gasteiger partial charge in [0.05, 0.1) is 6.04 Å².